The Morgan fingerprint density at radius 2 is 2.46 bits per heavy atom. The number of methoxy groups -OCH3 is 1. The molecule has 0 radical (unpaired) electrons. The monoisotopic (exact) mass is 175 g/mol. The summed E-state index contributed by atoms with van der Waals surface area (Å²) in [6.45, 7) is 0. The van der Waals surface area contributed by atoms with Gasteiger partial charge < -0.3 is 4.74 Å². The first kappa shape index (κ1) is 9.07. The molecular weight excluding hydrogens is 166 g/mol. The molecule has 0 amide bonds. The highest BCUT2D eigenvalue weighted by Gasteiger charge is 1.91. The van der Waals surface area contributed by atoms with E-state index in [4.69, 9.17) is 10.00 Å². The van der Waals surface area contributed by atoms with E-state index in [1.807, 2.05) is 18.2 Å². The first-order valence-electron chi connectivity index (χ1n) is 3.68. The first-order valence-corrected chi connectivity index (χ1v) is 3.68. The van der Waals surface area contributed by atoms with Gasteiger partial charge in [-0.05, 0) is 12.1 Å². The molecule has 0 aliphatic heterocycles. The normalized spacial score (nSPS) is 9.54. The quantitative estimate of drug-likeness (QED) is 0.561. The van der Waals surface area contributed by atoms with Crippen LogP contribution in [0.15, 0.2) is 29.4 Å². The summed E-state index contributed by atoms with van der Waals surface area (Å²) in [6.07, 6.45) is 1.12. The number of nitrogens with one attached hydrogen (secondary N) is 1. The second-order valence-corrected chi connectivity index (χ2v) is 2.23. The van der Waals surface area contributed by atoms with E-state index in [1.165, 1.54) is 0 Å². The molecular formula is C9H9N3O. The number of ether oxygens (including phenoxy) is 1. The molecule has 13 heavy (non-hydrogen) atoms. The van der Waals surface area contributed by atoms with Crippen LogP contribution in [0.2, 0.25) is 0 Å². The van der Waals surface area contributed by atoms with E-state index in [0.29, 0.717) is 0 Å². The van der Waals surface area contributed by atoms with Crippen LogP contribution in [0.5, 0.6) is 5.75 Å². The first-order chi connectivity index (χ1) is 6.36. The number of anilines is 1. The lowest BCUT2D eigenvalue weighted by atomic mass is 10.3. The van der Waals surface area contributed by atoms with Crippen molar-refractivity contribution in [3.05, 3.63) is 24.3 Å². The van der Waals surface area contributed by atoms with Gasteiger partial charge in [-0.15, -0.1) is 0 Å². The van der Waals surface area contributed by atoms with Crippen molar-refractivity contribution < 1.29 is 4.74 Å². The molecule has 1 N–H and O–H groups in total. The minimum absolute atomic E-state index is 0.747. The fourth-order valence-corrected chi connectivity index (χ4v) is 0.828. The van der Waals surface area contributed by atoms with Crippen molar-refractivity contribution in [1.29, 1.82) is 5.26 Å². The number of hydrogen-bond donors (Lipinski definition) is 1. The van der Waals surface area contributed by atoms with Crippen LogP contribution in [0, 0.1) is 11.3 Å². The number of hydrogen-bond acceptors (Lipinski definition) is 4. The molecule has 4 heteroatoms. The summed E-state index contributed by atoms with van der Waals surface area (Å²) in [5.74, 6) is 0.747. The van der Waals surface area contributed by atoms with Crippen LogP contribution in [0.3, 0.4) is 0 Å². The van der Waals surface area contributed by atoms with E-state index in [1.54, 1.807) is 19.2 Å². The van der Waals surface area contributed by atoms with E-state index < -0.39 is 0 Å². The highest BCUT2D eigenvalue weighted by Crippen LogP contribution is 2.16. The standard InChI is InChI=1S/C9H9N3O/c1-13-9-4-2-3-8(7-9)12-11-6-5-10/h2-4,6-7,12H,1H3/b11-6+. The summed E-state index contributed by atoms with van der Waals surface area (Å²) >= 11 is 0. The molecule has 0 saturated heterocycles. The third-order valence-corrected chi connectivity index (χ3v) is 1.39. The average molecular weight is 175 g/mol. The van der Waals surface area contributed by atoms with Gasteiger partial charge in [0.1, 0.15) is 18.0 Å². The van der Waals surface area contributed by atoms with Crippen LogP contribution < -0.4 is 10.2 Å². The van der Waals surface area contributed by atoms with Crippen molar-refractivity contribution in [3.63, 3.8) is 0 Å². The fraction of sp³-hybridized carbons (Fsp3) is 0.111. The topological polar surface area (TPSA) is 57.4 Å². The molecule has 0 atom stereocenters. The maximum Gasteiger partial charge on any atom is 0.124 e. The van der Waals surface area contributed by atoms with Gasteiger partial charge in [0.15, 0.2) is 0 Å². The van der Waals surface area contributed by atoms with Gasteiger partial charge >= 0.3 is 0 Å². The van der Waals surface area contributed by atoms with Crippen LogP contribution in [0.4, 0.5) is 5.69 Å². The Morgan fingerprint density at radius 3 is 3.15 bits per heavy atom. The fourth-order valence-electron chi connectivity index (χ4n) is 0.828. The van der Waals surface area contributed by atoms with E-state index in [9.17, 15) is 0 Å². The summed E-state index contributed by atoms with van der Waals surface area (Å²) in [7, 11) is 1.59. The number of benzene rings is 1. The molecule has 0 fully saturated rings. The molecule has 1 aromatic carbocycles. The predicted molar refractivity (Wildman–Crippen MR) is 50.7 cm³/mol. The molecule has 0 aliphatic rings. The Hall–Kier alpha value is -2.02. The SMILES string of the molecule is COc1cccc(N/N=C/C#N)c1. The molecule has 0 unspecified atom stereocenters. The van der Waals surface area contributed by atoms with Gasteiger partial charge in [0.05, 0.1) is 12.8 Å². The van der Waals surface area contributed by atoms with Crippen molar-refractivity contribution in [2.45, 2.75) is 0 Å². The predicted octanol–water partition coefficient (Wildman–Crippen LogP) is 1.62. The molecule has 0 aromatic heterocycles. The zero-order valence-corrected chi connectivity index (χ0v) is 7.19. The van der Waals surface area contributed by atoms with E-state index in [0.717, 1.165) is 17.7 Å². The van der Waals surface area contributed by atoms with Gasteiger partial charge in [0.2, 0.25) is 0 Å². The summed E-state index contributed by atoms with van der Waals surface area (Å²) < 4.78 is 5.00. The van der Waals surface area contributed by atoms with Gasteiger partial charge in [-0.1, -0.05) is 6.07 Å². The Kier molecular flexibility index (Phi) is 3.33. The lowest BCUT2D eigenvalue weighted by Gasteiger charge is -2.02. The molecule has 0 heterocycles. The maximum absolute atomic E-state index is 8.18. The maximum atomic E-state index is 8.18. The van der Waals surface area contributed by atoms with Gasteiger partial charge in [-0.3, -0.25) is 5.43 Å². The van der Waals surface area contributed by atoms with Crippen molar-refractivity contribution >= 4 is 11.9 Å². The number of nitriles is 1. The van der Waals surface area contributed by atoms with E-state index >= 15 is 0 Å². The zero-order chi connectivity index (χ0) is 9.52. The van der Waals surface area contributed by atoms with Gasteiger partial charge in [-0.2, -0.15) is 10.4 Å². The molecule has 0 bridgehead atoms. The average Bonchev–Trinajstić information content (AvgIpc) is 2.19. The van der Waals surface area contributed by atoms with Gasteiger partial charge in [-0.25, -0.2) is 0 Å². The Labute approximate surface area is 76.4 Å². The zero-order valence-electron chi connectivity index (χ0n) is 7.19. The second kappa shape index (κ2) is 4.78. The minimum atomic E-state index is 0.747. The minimum Gasteiger partial charge on any atom is -0.497 e. The van der Waals surface area contributed by atoms with Crippen LogP contribution in [-0.4, -0.2) is 13.3 Å². The highest BCUT2D eigenvalue weighted by atomic mass is 16.5. The second-order valence-electron chi connectivity index (χ2n) is 2.23. The Balaban J connectivity index is 2.67. The molecule has 4 nitrogen and oxygen atoms in total. The third-order valence-electron chi connectivity index (χ3n) is 1.39. The largest absolute Gasteiger partial charge is 0.497 e. The summed E-state index contributed by atoms with van der Waals surface area (Å²) in [6, 6.07) is 9.07. The molecule has 66 valence electrons. The molecule has 1 aromatic rings. The Morgan fingerprint density at radius 1 is 1.62 bits per heavy atom. The summed E-state index contributed by atoms with van der Waals surface area (Å²) in [4.78, 5) is 0. The Bertz CT molecular complexity index is 341. The van der Waals surface area contributed by atoms with Crippen molar-refractivity contribution in [3.8, 4) is 11.8 Å². The lowest BCUT2D eigenvalue weighted by molar-refractivity contribution is 0.415. The van der Waals surface area contributed by atoms with Crippen LogP contribution >= 0.6 is 0 Å². The molecule has 0 spiro atoms. The highest BCUT2D eigenvalue weighted by molar-refractivity contribution is 5.75. The third kappa shape index (κ3) is 2.83. The van der Waals surface area contributed by atoms with Gasteiger partial charge in [0, 0.05) is 6.07 Å². The number of rotatable bonds is 3. The number of hydrazone groups is 1. The van der Waals surface area contributed by atoms with Crippen LogP contribution in [0.1, 0.15) is 0 Å². The summed E-state index contributed by atoms with van der Waals surface area (Å²) in [5, 5.41) is 11.8. The van der Waals surface area contributed by atoms with Crippen molar-refractivity contribution in [2.75, 3.05) is 12.5 Å². The summed E-state index contributed by atoms with van der Waals surface area (Å²) in [5.41, 5.74) is 3.47. The van der Waals surface area contributed by atoms with Gasteiger partial charge in [0.25, 0.3) is 0 Å². The van der Waals surface area contributed by atoms with Crippen molar-refractivity contribution in [2.24, 2.45) is 5.10 Å². The van der Waals surface area contributed by atoms with E-state index in [-0.39, 0.29) is 0 Å². The molecule has 0 aliphatic carbocycles. The lowest BCUT2D eigenvalue weighted by Crippen LogP contribution is -1.89. The molecule has 1 rings (SSSR count). The smallest absolute Gasteiger partial charge is 0.124 e. The van der Waals surface area contributed by atoms with Crippen LogP contribution in [0.25, 0.3) is 0 Å². The number of nitrogens with zero attached hydrogens (tertiary/aromatic N) is 2. The van der Waals surface area contributed by atoms with E-state index in [2.05, 4.69) is 10.5 Å². The van der Waals surface area contributed by atoms with Crippen molar-refractivity contribution in [1.82, 2.24) is 0 Å². The molecule has 0 saturated carbocycles. The van der Waals surface area contributed by atoms with Crippen LogP contribution in [-0.2, 0) is 0 Å².